The van der Waals surface area contributed by atoms with Crippen molar-refractivity contribution in [1.29, 1.82) is 0 Å². The van der Waals surface area contributed by atoms with Crippen LogP contribution in [0.5, 0.6) is 5.75 Å². The molecule has 1 heterocycles. The molecule has 1 aromatic heterocycles. The molecule has 0 unspecified atom stereocenters. The van der Waals surface area contributed by atoms with Gasteiger partial charge < -0.3 is 10.1 Å². The quantitative estimate of drug-likeness (QED) is 0.814. The van der Waals surface area contributed by atoms with E-state index in [4.69, 9.17) is 4.74 Å². The number of hydrogen-bond donors (Lipinski definition) is 1. The van der Waals surface area contributed by atoms with Crippen LogP contribution in [-0.2, 0) is 17.9 Å². The van der Waals surface area contributed by atoms with Crippen molar-refractivity contribution in [2.75, 3.05) is 20.2 Å². The monoisotopic (exact) mass is 318 g/mol. The Hall–Kier alpha value is -1.85. The van der Waals surface area contributed by atoms with Crippen molar-refractivity contribution in [3.05, 3.63) is 52.2 Å². The minimum atomic E-state index is 0.0500. The number of thiophene rings is 1. The predicted molar refractivity (Wildman–Crippen MR) is 90.1 cm³/mol. The van der Waals surface area contributed by atoms with Gasteiger partial charge in [-0.1, -0.05) is 24.3 Å². The zero-order valence-corrected chi connectivity index (χ0v) is 13.9. The Balaban J connectivity index is 2.10. The van der Waals surface area contributed by atoms with E-state index in [2.05, 4.69) is 21.7 Å². The first-order valence-corrected chi connectivity index (χ1v) is 8.24. The number of carbonyl (C=O) groups is 1. The molecule has 1 aromatic carbocycles. The van der Waals surface area contributed by atoms with Crippen molar-refractivity contribution in [2.45, 2.75) is 20.0 Å². The smallest absolute Gasteiger partial charge is 0.234 e. The Morgan fingerprint density at radius 3 is 2.73 bits per heavy atom. The number of benzene rings is 1. The van der Waals surface area contributed by atoms with E-state index in [9.17, 15) is 4.79 Å². The van der Waals surface area contributed by atoms with Gasteiger partial charge in [-0.15, -0.1) is 11.3 Å². The Morgan fingerprint density at radius 2 is 2.05 bits per heavy atom. The van der Waals surface area contributed by atoms with E-state index in [0.29, 0.717) is 19.6 Å². The van der Waals surface area contributed by atoms with Crippen LogP contribution in [0.1, 0.15) is 17.4 Å². The lowest BCUT2D eigenvalue weighted by atomic mass is 10.2. The third-order valence-electron chi connectivity index (χ3n) is 3.29. The molecule has 22 heavy (non-hydrogen) atoms. The van der Waals surface area contributed by atoms with E-state index in [0.717, 1.165) is 17.9 Å². The maximum absolute atomic E-state index is 11.9. The molecular formula is C17H22N2O2S. The second kappa shape index (κ2) is 8.56. The summed E-state index contributed by atoms with van der Waals surface area (Å²) in [6, 6.07) is 12.1. The van der Waals surface area contributed by atoms with Gasteiger partial charge in [-0.3, -0.25) is 9.69 Å². The number of likely N-dealkylation sites (N-methyl/N-ethyl adjacent to an activating group) is 1. The predicted octanol–water partition coefficient (Wildman–Crippen LogP) is 2.90. The van der Waals surface area contributed by atoms with Gasteiger partial charge in [-0.05, 0) is 24.4 Å². The van der Waals surface area contributed by atoms with Crippen molar-refractivity contribution >= 4 is 17.2 Å². The van der Waals surface area contributed by atoms with Crippen LogP contribution in [0.4, 0.5) is 0 Å². The molecule has 0 atom stereocenters. The summed E-state index contributed by atoms with van der Waals surface area (Å²) in [5, 5.41) is 4.92. The van der Waals surface area contributed by atoms with Crippen LogP contribution < -0.4 is 10.1 Å². The average molecular weight is 318 g/mol. The highest BCUT2D eigenvalue weighted by Crippen LogP contribution is 2.21. The first-order chi connectivity index (χ1) is 10.7. The van der Waals surface area contributed by atoms with E-state index < -0.39 is 0 Å². The van der Waals surface area contributed by atoms with Crippen LogP contribution in [0.3, 0.4) is 0 Å². The molecule has 0 aliphatic carbocycles. The van der Waals surface area contributed by atoms with E-state index in [1.165, 1.54) is 4.88 Å². The molecule has 0 saturated carbocycles. The molecular weight excluding hydrogens is 296 g/mol. The summed E-state index contributed by atoms with van der Waals surface area (Å²) in [6.45, 7) is 4.40. The fourth-order valence-corrected chi connectivity index (χ4v) is 3.07. The Kier molecular flexibility index (Phi) is 6.43. The number of methoxy groups -OCH3 is 1. The van der Waals surface area contributed by atoms with Gasteiger partial charge in [0, 0.05) is 30.1 Å². The highest BCUT2D eigenvalue weighted by Gasteiger charge is 2.14. The maximum Gasteiger partial charge on any atom is 0.234 e. The fourth-order valence-electron chi connectivity index (χ4n) is 2.32. The Morgan fingerprint density at radius 1 is 1.23 bits per heavy atom. The minimum absolute atomic E-state index is 0.0500. The minimum Gasteiger partial charge on any atom is -0.496 e. The number of amides is 1. The third kappa shape index (κ3) is 4.86. The molecule has 5 heteroatoms. The first kappa shape index (κ1) is 16.5. The summed E-state index contributed by atoms with van der Waals surface area (Å²) in [7, 11) is 1.67. The number of ether oxygens (including phenoxy) is 1. The van der Waals surface area contributed by atoms with Crippen LogP contribution in [0.15, 0.2) is 41.8 Å². The zero-order chi connectivity index (χ0) is 15.8. The molecule has 0 aliphatic rings. The summed E-state index contributed by atoms with van der Waals surface area (Å²) >= 11 is 1.71. The van der Waals surface area contributed by atoms with Crippen molar-refractivity contribution in [2.24, 2.45) is 0 Å². The van der Waals surface area contributed by atoms with E-state index in [1.807, 2.05) is 37.3 Å². The number of carbonyl (C=O) groups excluding carboxylic acids is 1. The largest absolute Gasteiger partial charge is 0.496 e. The molecule has 0 bridgehead atoms. The molecule has 1 amide bonds. The van der Waals surface area contributed by atoms with Gasteiger partial charge >= 0.3 is 0 Å². The Bertz CT molecular complexity index is 584. The molecule has 0 fully saturated rings. The molecule has 4 nitrogen and oxygen atoms in total. The second-order valence-corrected chi connectivity index (χ2v) is 6.02. The van der Waals surface area contributed by atoms with E-state index >= 15 is 0 Å². The first-order valence-electron chi connectivity index (χ1n) is 7.36. The number of nitrogens with one attached hydrogen (secondary N) is 1. The van der Waals surface area contributed by atoms with E-state index in [-0.39, 0.29) is 5.91 Å². The van der Waals surface area contributed by atoms with Crippen LogP contribution >= 0.6 is 11.3 Å². The third-order valence-corrected chi connectivity index (χ3v) is 4.15. The van der Waals surface area contributed by atoms with Crippen molar-refractivity contribution in [3.63, 3.8) is 0 Å². The van der Waals surface area contributed by atoms with Crippen LogP contribution in [0.25, 0.3) is 0 Å². The van der Waals surface area contributed by atoms with E-state index in [1.54, 1.807) is 18.4 Å². The summed E-state index contributed by atoms with van der Waals surface area (Å²) in [5.41, 5.74) is 1.09. The molecule has 0 radical (unpaired) electrons. The lowest BCUT2D eigenvalue weighted by Crippen LogP contribution is -2.36. The van der Waals surface area contributed by atoms with Crippen molar-refractivity contribution in [3.8, 4) is 5.75 Å². The van der Waals surface area contributed by atoms with Gasteiger partial charge in [0.2, 0.25) is 5.91 Å². The molecule has 1 N–H and O–H groups in total. The van der Waals surface area contributed by atoms with Crippen LogP contribution in [-0.4, -0.2) is 31.0 Å². The second-order valence-electron chi connectivity index (χ2n) is 4.99. The maximum atomic E-state index is 11.9. The van der Waals surface area contributed by atoms with Crippen molar-refractivity contribution in [1.82, 2.24) is 10.2 Å². The van der Waals surface area contributed by atoms with Gasteiger partial charge in [0.05, 0.1) is 13.7 Å². The highest BCUT2D eigenvalue weighted by atomic mass is 32.1. The van der Waals surface area contributed by atoms with Crippen LogP contribution in [0, 0.1) is 0 Å². The molecule has 0 aliphatic heterocycles. The lowest BCUT2D eigenvalue weighted by Gasteiger charge is -2.22. The number of rotatable bonds is 8. The summed E-state index contributed by atoms with van der Waals surface area (Å²) in [4.78, 5) is 15.3. The molecule has 2 aromatic rings. The van der Waals surface area contributed by atoms with Gasteiger partial charge in [0.1, 0.15) is 5.75 Å². The van der Waals surface area contributed by atoms with Gasteiger partial charge in [-0.25, -0.2) is 0 Å². The molecule has 2 rings (SSSR count). The van der Waals surface area contributed by atoms with Crippen molar-refractivity contribution < 1.29 is 9.53 Å². The van der Waals surface area contributed by atoms with Gasteiger partial charge in [0.15, 0.2) is 0 Å². The standard InChI is InChI=1S/C17H22N2O2S/c1-3-18-17(20)13-19(12-15-8-6-10-22-15)11-14-7-4-5-9-16(14)21-2/h4-10H,3,11-13H2,1-2H3,(H,18,20). The highest BCUT2D eigenvalue weighted by molar-refractivity contribution is 7.09. The molecule has 0 saturated heterocycles. The number of nitrogens with zero attached hydrogens (tertiary/aromatic N) is 1. The summed E-state index contributed by atoms with van der Waals surface area (Å²) in [6.07, 6.45) is 0. The SMILES string of the molecule is CCNC(=O)CN(Cc1cccs1)Cc1ccccc1OC. The summed E-state index contributed by atoms with van der Waals surface area (Å²) < 4.78 is 5.41. The zero-order valence-electron chi connectivity index (χ0n) is 13.0. The average Bonchev–Trinajstić information content (AvgIpc) is 3.01. The Labute approximate surface area is 135 Å². The number of hydrogen-bond acceptors (Lipinski definition) is 4. The summed E-state index contributed by atoms with van der Waals surface area (Å²) in [5.74, 6) is 0.906. The molecule has 118 valence electrons. The molecule has 0 spiro atoms. The lowest BCUT2D eigenvalue weighted by molar-refractivity contribution is -0.122. The van der Waals surface area contributed by atoms with Crippen LogP contribution in [0.2, 0.25) is 0 Å². The number of para-hydroxylation sites is 1. The van der Waals surface area contributed by atoms with Gasteiger partial charge in [-0.2, -0.15) is 0 Å². The normalized spacial score (nSPS) is 10.7. The van der Waals surface area contributed by atoms with Gasteiger partial charge in [0.25, 0.3) is 0 Å². The topological polar surface area (TPSA) is 41.6 Å². The fraction of sp³-hybridized carbons (Fsp3) is 0.353.